The zero-order valence-corrected chi connectivity index (χ0v) is 14.6. The van der Waals surface area contributed by atoms with Crippen LogP contribution in [0.3, 0.4) is 0 Å². The van der Waals surface area contributed by atoms with Crippen LogP contribution in [-0.2, 0) is 0 Å². The highest BCUT2D eigenvalue weighted by Crippen LogP contribution is 2.31. The predicted molar refractivity (Wildman–Crippen MR) is 90.6 cm³/mol. The second kappa shape index (κ2) is 7.40. The SMILES string of the molecule is CCN(c1n[nH]c(=S)n1C1CCCCC1)C(C)CN(C)C. The molecule has 1 unspecified atom stereocenters. The number of aromatic nitrogens is 3. The molecule has 0 aromatic carbocycles. The highest BCUT2D eigenvalue weighted by Gasteiger charge is 2.24. The van der Waals surface area contributed by atoms with Crippen LogP contribution in [0.4, 0.5) is 5.95 Å². The first-order valence-electron chi connectivity index (χ1n) is 8.12. The smallest absolute Gasteiger partial charge is 0.226 e. The van der Waals surface area contributed by atoms with Gasteiger partial charge >= 0.3 is 0 Å². The molecule has 6 heteroatoms. The van der Waals surface area contributed by atoms with E-state index in [2.05, 4.69) is 52.5 Å². The van der Waals surface area contributed by atoms with E-state index in [1.165, 1.54) is 32.1 Å². The number of nitrogens with zero attached hydrogens (tertiary/aromatic N) is 4. The fraction of sp³-hybridized carbons (Fsp3) is 0.867. The van der Waals surface area contributed by atoms with Crippen molar-refractivity contribution in [2.24, 2.45) is 0 Å². The second-order valence-electron chi connectivity index (χ2n) is 6.39. The van der Waals surface area contributed by atoms with Crippen molar-refractivity contribution >= 4 is 18.2 Å². The van der Waals surface area contributed by atoms with Gasteiger partial charge in [-0.3, -0.25) is 4.57 Å². The lowest BCUT2D eigenvalue weighted by molar-refractivity contribution is 0.341. The van der Waals surface area contributed by atoms with E-state index in [0.29, 0.717) is 12.1 Å². The summed E-state index contributed by atoms with van der Waals surface area (Å²) < 4.78 is 3.04. The number of nitrogens with one attached hydrogen (secondary N) is 1. The molecule has 1 fully saturated rings. The van der Waals surface area contributed by atoms with Crippen LogP contribution in [0.1, 0.15) is 52.0 Å². The number of hydrogen-bond acceptors (Lipinski definition) is 4. The van der Waals surface area contributed by atoms with Crippen LogP contribution in [0.5, 0.6) is 0 Å². The van der Waals surface area contributed by atoms with E-state index < -0.39 is 0 Å². The van der Waals surface area contributed by atoms with Crippen LogP contribution in [0.15, 0.2) is 0 Å². The van der Waals surface area contributed by atoms with Gasteiger partial charge in [0.15, 0.2) is 4.77 Å². The van der Waals surface area contributed by atoms with Gasteiger partial charge in [0.05, 0.1) is 0 Å². The fourth-order valence-electron chi connectivity index (χ4n) is 3.44. The highest BCUT2D eigenvalue weighted by molar-refractivity contribution is 7.71. The third-order valence-corrected chi connectivity index (χ3v) is 4.67. The molecule has 0 bridgehead atoms. The summed E-state index contributed by atoms with van der Waals surface area (Å²) in [6, 6.07) is 0.929. The molecule has 0 aliphatic heterocycles. The minimum atomic E-state index is 0.414. The van der Waals surface area contributed by atoms with Crippen LogP contribution in [0.2, 0.25) is 0 Å². The van der Waals surface area contributed by atoms with Crippen molar-refractivity contribution in [2.45, 2.75) is 58.0 Å². The molecule has 1 aromatic rings. The van der Waals surface area contributed by atoms with Crippen molar-refractivity contribution in [3.63, 3.8) is 0 Å². The Kier molecular flexibility index (Phi) is 5.81. The molecule has 1 N–H and O–H groups in total. The van der Waals surface area contributed by atoms with E-state index in [0.717, 1.165) is 23.8 Å². The van der Waals surface area contributed by atoms with Gasteiger partial charge in [-0.05, 0) is 53.0 Å². The van der Waals surface area contributed by atoms with Gasteiger partial charge in [0.2, 0.25) is 5.95 Å². The minimum Gasteiger partial charge on any atom is -0.337 e. The van der Waals surface area contributed by atoms with Crippen LogP contribution in [-0.4, -0.2) is 52.9 Å². The topological polar surface area (TPSA) is 40.1 Å². The molecule has 0 saturated heterocycles. The van der Waals surface area contributed by atoms with Gasteiger partial charge in [0.1, 0.15) is 0 Å². The Hall–Kier alpha value is -0.880. The average Bonchev–Trinajstić information content (AvgIpc) is 2.81. The molecule has 1 heterocycles. The highest BCUT2D eigenvalue weighted by atomic mass is 32.1. The first kappa shape index (κ1) is 16.5. The summed E-state index contributed by atoms with van der Waals surface area (Å²) in [7, 11) is 4.23. The van der Waals surface area contributed by atoms with Gasteiger partial charge in [-0.1, -0.05) is 19.3 Å². The summed E-state index contributed by atoms with van der Waals surface area (Å²) in [6.45, 7) is 6.40. The van der Waals surface area contributed by atoms with Gasteiger partial charge in [-0.15, -0.1) is 5.10 Å². The third-order valence-electron chi connectivity index (χ3n) is 4.38. The zero-order chi connectivity index (χ0) is 15.4. The van der Waals surface area contributed by atoms with Crippen molar-refractivity contribution in [1.29, 1.82) is 0 Å². The van der Waals surface area contributed by atoms with Crippen molar-refractivity contribution in [1.82, 2.24) is 19.7 Å². The Morgan fingerprint density at radius 1 is 1.33 bits per heavy atom. The molecule has 0 spiro atoms. The first-order valence-corrected chi connectivity index (χ1v) is 8.53. The standard InChI is InChI=1S/C15H29N5S/c1-5-19(12(2)11-18(3)4)14-16-17-15(21)20(14)13-9-7-6-8-10-13/h12-13H,5-11H2,1-4H3,(H,17,21). The molecule has 1 aromatic heterocycles. The van der Waals surface area contributed by atoms with Crippen molar-refractivity contribution in [2.75, 3.05) is 32.1 Å². The summed E-state index contributed by atoms with van der Waals surface area (Å²) in [5.41, 5.74) is 0. The monoisotopic (exact) mass is 311 g/mol. The first-order chi connectivity index (χ1) is 10.0. The molecule has 0 amide bonds. The fourth-order valence-corrected chi connectivity index (χ4v) is 3.72. The Morgan fingerprint density at radius 2 is 2.00 bits per heavy atom. The molecule has 1 atom stereocenters. The minimum absolute atomic E-state index is 0.414. The molecule has 120 valence electrons. The third kappa shape index (κ3) is 3.86. The van der Waals surface area contributed by atoms with Gasteiger partial charge in [-0.2, -0.15) is 0 Å². The van der Waals surface area contributed by atoms with E-state index in [1.807, 2.05) is 0 Å². The molecular weight excluding hydrogens is 282 g/mol. The number of likely N-dealkylation sites (N-methyl/N-ethyl adjacent to an activating group) is 2. The van der Waals surface area contributed by atoms with Gasteiger partial charge < -0.3 is 9.80 Å². The summed E-state index contributed by atoms with van der Waals surface area (Å²) in [4.78, 5) is 4.58. The van der Waals surface area contributed by atoms with Gasteiger partial charge in [-0.25, -0.2) is 5.10 Å². The Morgan fingerprint density at radius 3 is 2.57 bits per heavy atom. The largest absolute Gasteiger partial charge is 0.337 e. The van der Waals surface area contributed by atoms with E-state index >= 15 is 0 Å². The summed E-state index contributed by atoms with van der Waals surface area (Å²) >= 11 is 5.50. The van der Waals surface area contributed by atoms with E-state index in [9.17, 15) is 0 Å². The lowest BCUT2D eigenvalue weighted by atomic mass is 9.95. The van der Waals surface area contributed by atoms with Crippen LogP contribution in [0.25, 0.3) is 0 Å². The van der Waals surface area contributed by atoms with Crippen LogP contribution in [0, 0.1) is 4.77 Å². The maximum Gasteiger partial charge on any atom is 0.226 e. The Labute approximate surface area is 133 Å². The molecule has 5 nitrogen and oxygen atoms in total. The average molecular weight is 311 g/mol. The molecule has 1 aliphatic carbocycles. The number of anilines is 1. The number of hydrogen-bond donors (Lipinski definition) is 1. The summed E-state index contributed by atoms with van der Waals surface area (Å²) in [5, 5.41) is 7.56. The molecule has 2 rings (SSSR count). The van der Waals surface area contributed by atoms with E-state index in [1.54, 1.807) is 0 Å². The summed E-state index contributed by atoms with van der Waals surface area (Å²) in [5.74, 6) is 1.02. The number of H-pyrrole nitrogens is 1. The van der Waals surface area contributed by atoms with Crippen molar-refractivity contribution < 1.29 is 0 Å². The molecule has 21 heavy (non-hydrogen) atoms. The molecular formula is C15H29N5S. The zero-order valence-electron chi connectivity index (χ0n) is 13.8. The predicted octanol–water partition coefficient (Wildman–Crippen LogP) is 3.22. The number of rotatable bonds is 6. The molecule has 1 saturated carbocycles. The Balaban J connectivity index is 2.27. The van der Waals surface area contributed by atoms with Crippen molar-refractivity contribution in [3.8, 4) is 0 Å². The second-order valence-corrected chi connectivity index (χ2v) is 6.77. The maximum absolute atomic E-state index is 5.50. The normalized spacial score (nSPS) is 18.1. The molecule has 0 radical (unpaired) electrons. The number of aromatic amines is 1. The van der Waals surface area contributed by atoms with Crippen LogP contribution >= 0.6 is 12.2 Å². The lowest BCUT2D eigenvalue weighted by Gasteiger charge is -2.33. The quantitative estimate of drug-likeness (QED) is 0.819. The summed E-state index contributed by atoms with van der Waals surface area (Å²) in [6.07, 6.45) is 6.40. The van der Waals surface area contributed by atoms with E-state index in [4.69, 9.17) is 12.2 Å². The Bertz CT molecular complexity index is 486. The lowest BCUT2D eigenvalue weighted by Crippen LogP contribution is -2.41. The molecule has 1 aliphatic rings. The maximum atomic E-state index is 5.50. The van der Waals surface area contributed by atoms with Crippen molar-refractivity contribution in [3.05, 3.63) is 4.77 Å². The van der Waals surface area contributed by atoms with Gasteiger partial charge in [0, 0.05) is 25.2 Å². The van der Waals surface area contributed by atoms with Crippen LogP contribution < -0.4 is 4.90 Å². The van der Waals surface area contributed by atoms with E-state index in [-0.39, 0.29) is 0 Å². The van der Waals surface area contributed by atoms with Gasteiger partial charge in [0.25, 0.3) is 0 Å².